The van der Waals surface area contributed by atoms with Gasteiger partial charge in [-0.1, -0.05) is 37.6 Å². The molecule has 4 N–H and O–H groups in total. The summed E-state index contributed by atoms with van der Waals surface area (Å²) in [6.07, 6.45) is 6.07. The molecular weight excluding hydrogens is 454 g/mol. The fraction of sp³-hybridized carbons (Fsp3) is 0.440. The lowest BCUT2D eigenvalue weighted by Gasteiger charge is -2.45. The molecule has 0 radical (unpaired) electrons. The quantitative estimate of drug-likeness (QED) is 0.326. The van der Waals surface area contributed by atoms with Gasteiger partial charge in [-0.05, 0) is 55.0 Å². The molecule has 2 aliphatic rings. The minimum atomic E-state index is -0.823. The first-order valence-corrected chi connectivity index (χ1v) is 11.9. The number of nitrogens with two attached hydrogens (primary N) is 1. The van der Waals surface area contributed by atoms with E-state index in [0.717, 1.165) is 24.0 Å². The Balaban J connectivity index is 1.85. The van der Waals surface area contributed by atoms with Gasteiger partial charge in [-0.3, -0.25) is 14.4 Å². The van der Waals surface area contributed by atoms with Gasteiger partial charge >= 0.3 is 11.8 Å². The van der Waals surface area contributed by atoms with Crippen molar-refractivity contribution in [3.05, 3.63) is 58.4 Å². The van der Waals surface area contributed by atoms with E-state index in [4.69, 9.17) is 22.7 Å². The first-order valence-electron chi connectivity index (χ1n) is 11.5. The minimum Gasteiger partial charge on any atom is -0.403 e. The Bertz CT molecular complexity index is 1030. The van der Waals surface area contributed by atoms with Crippen LogP contribution in [-0.4, -0.2) is 52.9 Å². The monoisotopic (exact) mass is 485 g/mol. The Morgan fingerprint density at radius 2 is 1.91 bits per heavy atom. The topological polar surface area (TPSA) is 120 Å². The maximum atomic E-state index is 13.3. The lowest BCUT2D eigenvalue weighted by atomic mass is 9.98. The predicted molar refractivity (Wildman–Crippen MR) is 132 cm³/mol. The van der Waals surface area contributed by atoms with E-state index < -0.39 is 17.9 Å². The number of carbonyl (C=O) groups is 3. The average molecular weight is 486 g/mol. The van der Waals surface area contributed by atoms with Crippen LogP contribution in [0.2, 0.25) is 5.02 Å². The third-order valence-corrected chi connectivity index (χ3v) is 6.41. The van der Waals surface area contributed by atoms with Crippen molar-refractivity contribution in [1.29, 1.82) is 5.41 Å². The number of halogens is 1. The third kappa shape index (κ3) is 5.86. The molecule has 0 aromatic heterocycles. The maximum Gasteiger partial charge on any atom is 0.313 e. The van der Waals surface area contributed by atoms with Crippen LogP contribution in [0.3, 0.4) is 0 Å². The molecule has 1 saturated carbocycles. The lowest BCUT2D eigenvalue weighted by Crippen LogP contribution is -2.59. The zero-order valence-electron chi connectivity index (χ0n) is 19.8. The SMILES string of the molecule is CC(C)C(=O)N1C[C@H](c2cccc(Cl)c2)N(C(=O)C(=O)NC(/C=C(\C=N)C2CC2)=C/N)C[C@H]1C. The molecule has 3 rings (SSSR count). The molecule has 1 aromatic carbocycles. The summed E-state index contributed by atoms with van der Waals surface area (Å²) in [7, 11) is 0. The molecule has 0 bridgehead atoms. The highest BCUT2D eigenvalue weighted by molar-refractivity contribution is 6.35. The minimum absolute atomic E-state index is 0.00573. The highest BCUT2D eigenvalue weighted by Crippen LogP contribution is 2.36. The summed E-state index contributed by atoms with van der Waals surface area (Å²) >= 11 is 6.20. The number of benzene rings is 1. The highest BCUT2D eigenvalue weighted by atomic mass is 35.5. The van der Waals surface area contributed by atoms with Crippen LogP contribution in [-0.2, 0) is 14.4 Å². The van der Waals surface area contributed by atoms with Crippen molar-refractivity contribution in [2.45, 2.75) is 45.7 Å². The standard InChI is InChI=1S/C25H32ClN5O3/c1-15(2)24(33)30-14-22(18-5-4-6-20(26)9-18)31(13-16(30)3)25(34)23(32)29-21(12-28)10-19(11-27)17-7-8-17/h4-6,9-12,15-17,22,27H,7-8,13-14,28H2,1-3H3,(H,29,32)/b19-10+,21-12+,27-11?/t16-,22-/m1/s1. The van der Waals surface area contributed by atoms with Gasteiger partial charge < -0.3 is 26.3 Å². The van der Waals surface area contributed by atoms with E-state index in [1.54, 1.807) is 29.2 Å². The van der Waals surface area contributed by atoms with E-state index in [0.29, 0.717) is 10.9 Å². The summed E-state index contributed by atoms with van der Waals surface area (Å²) in [4.78, 5) is 42.3. The number of hydrogen-bond donors (Lipinski definition) is 3. The number of nitrogens with zero attached hydrogens (tertiary/aromatic N) is 2. The molecule has 1 aliphatic heterocycles. The first kappa shape index (κ1) is 25.5. The molecule has 0 unspecified atom stereocenters. The van der Waals surface area contributed by atoms with E-state index in [2.05, 4.69) is 5.32 Å². The van der Waals surface area contributed by atoms with Gasteiger partial charge in [0.25, 0.3) is 0 Å². The summed E-state index contributed by atoms with van der Waals surface area (Å²) < 4.78 is 0. The van der Waals surface area contributed by atoms with Crippen molar-refractivity contribution in [2.75, 3.05) is 13.1 Å². The fourth-order valence-electron chi connectivity index (χ4n) is 4.15. The van der Waals surface area contributed by atoms with Gasteiger partial charge in [-0.15, -0.1) is 0 Å². The smallest absolute Gasteiger partial charge is 0.313 e. The van der Waals surface area contributed by atoms with Crippen molar-refractivity contribution in [1.82, 2.24) is 15.1 Å². The van der Waals surface area contributed by atoms with Gasteiger partial charge in [-0.2, -0.15) is 0 Å². The lowest BCUT2D eigenvalue weighted by molar-refractivity contribution is -0.154. The van der Waals surface area contributed by atoms with Gasteiger partial charge in [0.2, 0.25) is 5.91 Å². The van der Waals surface area contributed by atoms with Crippen LogP contribution in [0.5, 0.6) is 0 Å². The zero-order chi connectivity index (χ0) is 25.0. The average Bonchev–Trinajstić information content (AvgIpc) is 3.65. The van der Waals surface area contributed by atoms with Crippen molar-refractivity contribution >= 4 is 35.5 Å². The largest absolute Gasteiger partial charge is 0.403 e. The molecule has 34 heavy (non-hydrogen) atoms. The van der Waals surface area contributed by atoms with E-state index in [1.807, 2.05) is 26.8 Å². The molecule has 1 aliphatic carbocycles. The van der Waals surface area contributed by atoms with Crippen LogP contribution >= 0.6 is 11.6 Å². The van der Waals surface area contributed by atoms with Gasteiger partial charge in [-0.25, -0.2) is 0 Å². The number of hydrogen-bond acceptors (Lipinski definition) is 5. The van der Waals surface area contributed by atoms with Crippen molar-refractivity contribution in [3.63, 3.8) is 0 Å². The van der Waals surface area contributed by atoms with Gasteiger partial charge in [0.05, 0.1) is 11.7 Å². The Kier molecular flexibility index (Phi) is 8.15. The Morgan fingerprint density at radius 1 is 1.21 bits per heavy atom. The summed E-state index contributed by atoms with van der Waals surface area (Å²) in [5.41, 5.74) is 7.45. The second-order valence-corrected chi connectivity index (χ2v) is 9.60. The molecular formula is C25H32ClN5O3. The highest BCUT2D eigenvalue weighted by Gasteiger charge is 2.40. The molecule has 1 saturated heterocycles. The number of amides is 3. The molecule has 9 heteroatoms. The molecule has 0 spiro atoms. The molecule has 2 atom stereocenters. The number of allylic oxidation sites excluding steroid dienone is 2. The predicted octanol–water partition coefficient (Wildman–Crippen LogP) is 3.00. The molecule has 2 fully saturated rings. The summed E-state index contributed by atoms with van der Waals surface area (Å²) in [6, 6.07) is 6.31. The number of piperazine rings is 1. The van der Waals surface area contributed by atoms with Crippen LogP contribution in [0.1, 0.15) is 45.2 Å². The Morgan fingerprint density at radius 3 is 2.47 bits per heavy atom. The third-order valence-electron chi connectivity index (χ3n) is 6.18. The number of nitrogens with one attached hydrogen (secondary N) is 2. The molecule has 3 amide bonds. The van der Waals surface area contributed by atoms with E-state index >= 15 is 0 Å². The second kappa shape index (κ2) is 10.9. The van der Waals surface area contributed by atoms with Crippen LogP contribution < -0.4 is 11.1 Å². The van der Waals surface area contributed by atoms with Crippen molar-refractivity contribution in [3.8, 4) is 0 Å². The van der Waals surface area contributed by atoms with Gasteiger partial charge in [0, 0.05) is 42.5 Å². The number of carbonyl (C=O) groups excluding carboxylic acids is 3. The van der Waals surface area contributed by atoms with E-state index in [-0.39, 0.29) is 36.7 Å². The van der Waals surface area contributed by atoms with Crippen LogP contribution in [0.4, 0.5) is 0 Å². The van der Waals surface area contributed by atoms with E-state index in [9.17, 15) is 14.4 Å². The van der Waals surface area contributed by atoms with Gasteiger partial charge in [0.1, 0.15) is 0 Å². The van der Waals surface area contributed by atoms with Crippen molar-refractivity contribution < 1.29 is 14.4 Å². The van der Waals surface area contributed by atoms with Gasteiger partial charge in [0.15, 0.2) is 0 Å². The zero-order valence-corrected chi connectivity index (χ0v) is 20.5. The summed E-state index contributed by atoms with van der Waals surface area (Å²) in [5, 5.41) is 10.7. The first-order chi connectivity index (χ1) is 16.2. The Hall–Kier alpha value is -3.13. The molecule has 1 aromatic rings. The fourth-order valence-corrected chi connectivity index (χ4v) is 4.35. The van der Waals surface area contributed by atoms with E-state index in [1.165, 1.54) is 17.3 Å². The molecule has 182 valence electrons. The van der Waals surface area contributed by atoms with Crippen LogP contribution in [0.25, 0.3) is 0 Å². The summed E-state index contributed by atoms with van der Waals surface area (Å²) in [5.74, 6) is -1.44. The second-order valence-electron chi connectivity index (χ2n) is 9.16. The van der Waals surface area contributed by atoms with Crippen LogP contribution in [0.15, 0.2) is 47.8 Å². The normalized spacial score (nSPS) is 21.4. The van der Waals surface area contributed by atoms with Crippen LogP contribution in [0, 0.1) is 17.2 Å². The van der Waals surface area contributed by atoms with Crippen molar-refractivity contribution in [2.24, 2.45) is 17.6 Å². The molecule has 1 heterocycles. The molecule has 8 nitrogen and oxygen atoms in total. The maximum absolute atomic E-state index is 13.3. The Labute approximate surface area is 205 Å². The summed E-state index contributed by atoms with van der Waals surface area (Å²) in [6.45, 7) is 6.01. The number of rotatable bonds is 6.